The van der Waals surface area contributed by atoms with Crippen LogP contribution in [0.1, 0.15) is 86.0 Å². The summed E-state index contributed by atoms with van der Waals surface area (Å²) in [7, 11) is 0. The van der Waals surface area contributed by atoms with Crippen molar-refractivity contribution in [1.82, 2.24) is 0 Å². The molecule has 0 radical (unpaired) electrons. The zero-order chi connectivity index (χ0) is 25.1. The molecule has 0 aliphatic heterocycles. The number of ether oxygens (including phenoxy) is 1. The average molecular weight is 475 g/mol. The van der Waals surface area contributed by atoms with Gasteiger partial charge in [0.2, 0.25) is 5.78 Å². The van der Waals surface area contributed by atoms with E-state index in [9.17, 15) is 24.6 Å². The van der Waals surface area contributed by atoms with E-state index in [0.717, 1.165) is 25.7 Å². The zero-order valence-electron chi connectivity index (χ0n) is 21.4. The largest absolute Gasteiger partial charge is 0.457 e. The molecule has 0 unspecified atom stereocenters. The molecule has 0 spiro atoms. The lowest BCUT2D eigenvalue weighted by atomic mass is 9.45. The summed E-state index contributed by atoms with van der Waals surface area (Å²) in [5, 5.41) is 23.2. The third-order valence-electron chi connectivity index (χ3n) is 10.4. The van der Waals surface area contributed by atoms with Gasteiger partial charge in [-0.15, -0.1) is 0 Å². The minimum absolute atomic E-state index is 0.0327. The molecule has 0 heterocycles. The first-order valence-electron chi connectivity index (χ1n) is 13.2. The molecule has 0 bridgehead atoms. The standard InChI is InChI=1S/C28H42O6/c1-6-19(16(2)3)25(32)34-15-23(31)28(33)12-10-21-20-8-7-17-13-18(29)9-11-26(17,4)24(20)22(30)14-27(21,28)5/h13,16,19-22,24,30,33H,6-12,14-15H2,1-5H3/t19-,20-,21-,22-,24+,26-,27-,28+/m0/s1. The second kappa shape index (κ2) is 8.85. The van der Waals surface area contributed by atoms with E-state index >= 15 is 0 Å². The predicted octanol–water partition coefficient (Wildman–Crippen LogP) is 4.01. The Morgan fingerprint density at radius 2 is 1.88 bits per heavy atom. The Balaban J connectivity index is 1.55. The SMILES string of the molecule is CC[C@H](C(=O)OCC(=O)[C@]1(O)CC[C@H]2[C@@H]3CCC4=CC(=O)CC[C@]4(C)[C@H]3[C@@H](O)C[C@@]21C)C(C)C. The number of allylic oxidation sites excluding steroid dienone is 1. The van der Waals surface area contributed by atoms with Crippen LogP contribution in [-0.4, -0.2) is 46.1 Å². The van der Waals surface area contributed by atoms with Gasteiger partial charge in [-0.3, -0.25) is 14.4 Å². The number of carbonyl (C=O) groups is 3. The van der Waals surface area contributed by atoms with Crippen molar-refractivity contribution >= 4 is 17.5 Å². The summed E-state index contributed by atoms with van der Waals surface area (Å²) in [4.78, 5) is 37.9. The number of aliphatic hydroxyl groups excluding tert-OH is 1. The van der Waals surface area contributed by atoms with Crippen LogP contribution in [0.25, 0.3) is 0 Å². The molecule has 0 saturated heterocycles. The molecule has 4 aliphatic rings. The number of fused-ring (bicyclic) bond motifs is 5. The number of carbonyl (C=O) groups excluding carboxylic acids is 3. The highest BCUT2D eigenvalue weighted by molar-refractivity contribution is 5.92. The van der Waals surface area contributed by atoms with Gasteiger partial charge in [0.25, 0.3) is 0 Å². The van der Waals surface area contributed by atoms with Gasteiger partial charge in [-0.2, -0.15) is 0 Å². The molecule has 0 aromatic heterocycles. The first-order chi connectivity index (χ1) is 15.9. The summed E-state index contributed by atoms with van der Waals surface area (Å²) in [6.45, 7) is 9.57. The van der Waals surface area contributed by atoms with Crippen LogP contribution >= 0.6 is 0 Å². The van der Waals surface area contributed by atoms with Gasteiger partial charge in [0.05, 0.1) is 12.0 Å². The third kappa shape index (κ3) is 3.71. The summed E-state index contributed by atoms with van der Waals surface area (Å²) >= 11 is 0. The van der Waals surface area contributed by atoms with Crippen LogP contribution in [0.15, 0.2) is 11.6 Å². The molecular weight excluding hydrogens is 432 g/mol. The number of aliphatic hydroxyl groups is 2. The zero-order valence-corrected chi connectivity index (χ0v) is 21.4. The highest BCUT2D eigenvalue weighted by Gasteiger charge is 2.68. The maximum atomic E-state index is 13.4. The van der Waals surface area contributed by atoms with Gasteiger partial charge in [-0.05, 0) is 80.1 Å². The number of hydrogen-bond acceptors (Lipinski definition) is 6. The van der Waals surface area contributed by atoms with Crippen molar-refractivity contribution in [3.63, 3.8) is 0 Å². The second-order valence-electron chi connectivity index (χ2n) is 12.3. The van der Waals surface area contributed by atoms with Crippen LogP contribution in [0.5, 0.6) is 0 Å². The Labute approximate surface area is 203 Å². The fraction of sp³-hybridized carbons (Fsp3) is 0.821. The number of Topliss-reactive ketones (excluding diaryl/α,β-unsaturated/α-hetero) is 1. The van der Waals surface area contributed by atoms with E-state index in [1.165, 1.54) is 5.57 Å². The number of hydrogen-bond donors (Lipinski definition) is 2. The van der Waals surface area contributed by atoms with Crippen molar-refractivity contribution in [2.45, 2.75) is 97.7 Å². The van der Waals surface area contributed by atoms with Gasteiger partial charge in [-0.25, -0.2) is 0 Å². The normalized spacial score (nSPS) is 42.4. The van der Waals surface area contributed by atoms with Crippen molar-refractivity contribution in [3.05, 3.63) is 11.6 Å². The van der Waals surface area contributed by atoms with Gasteiger partial charge >= 0.3 is 5.97 Å². The van der Waals surface area contributed by atoms with Crippen molar-refractivity contribution in [3.8, 4) is 0 Å². The molecule has 0 aromatic carbocycles. The Bertz CT molecular complexity index is 891. The third-order valence-corrected chi connectivity index (χ3v) is 10.4. The fourth-order valence-corrected chi connectivity index (χ4v) is 8.42. The Morgan fingerprint density at radius 1 is 1.18 bits per heavy atom. The van der Waals surface area contributed by atoms with Crippen molar-refractivity contribution in [1.29, 1.82) is 0 Å². The van der Waals surface area contributed by atoms with E-state index in [0.29, 0.717) is 25.7 Å². The minimum Gasteiger partial charge on any atom is -0.457 e. The molecule has 4 aliphatic carbocycles. The van der Waals surface area contributed by atoms with Crippen LogP contribution in [-0.2, 0) is 19.1 Å². The van der Waals surface area contributed by atoms with Crippen LogP contribution in [0.4, 0.5) is 0 Å². The van der Waals surface area contributed by atoms with E-state index in [1.54, 1.807) is 0 Å². The van der Waals surface area contributed by atoms with Crippen molar-refractivity contribution in [2.75, 3.05) is 6.61 Å². The molecular formula is C28H42O6. The molecule has 6 heteroatoms. The minimum atomic E-state index is -1.61. The van der Waals surface area contributed by atoms with Gasteiger partial charge in [0.1, 0.15) is 5.60 Å². The lowest BCUT2D eigenvalue weighted by Gasteiger charge is -2.60. The summed E-state index contributed by atoms with van der Waals surface area (Å²) in [5.74, 6) is -0.454. The molecule has 0 aromatic rings. The van der Waals surface area contributed by atoms with Crippen LogP contribution in [0.3, 0.4) is 0 Å². The van der Waals surface area contributed by atoms with Gasteiger partial charge in [0.15, 0.2) is 12.4 Å². The van der Waals surface area contributed by atoms with Crippen LogP contribution < -0.4 is 0 Å². The molecule has 8 atom stereocenters. The summed E-state index contributed by atoms with van der Waals surface area (Å²) in [5.41, 5.74) is -1.41. The summed E-state index contributed by atoms with van der Waals surface area (Å²) in [6.07, 6.45) is 6.16. The molecule has 0 amide bonds. The first kappa shape index (κ1) is 25.6. The number of rotatable bonds is 6. The molecule has 2 N–H and O–H groups in total. The van der Waals surface area contributed by atoms with E-state index in [-0.39, 0.29) is 46.8 Å². The number of ketones is 2. The van der Waals surface area contributed by atoms with E-state index in [4.69, 9.17) is 4.74 Å². The van der Waals surface area contributed by atoms with Gasteiger partial charge in [0, 0.05) is 11.8 Å². The molecule has 3 fully saturated rings. The Morgan fingerprint density at radius 3 is 2.53 bits per heavy atom. The molecule has 4 rings (SSSR count). The molecule has 34 heavy (non-hydrogen) atoms. The average Bonchev–Trinajstić information content (AvgIpc) is 3.03. The quantitative estimate of drug-likeness (QED) is 0.564. The maximum absolute atomic E-state index is 13.4. The Hall–Kier alpha value is -1.53. The lowest BCUT2D eigenvalue weighted by molar-refractivity contribution is -0.185. The van der Waals surface area contributed by atoms with Crippen molar-refractivity contribution in [2.24, 2.45) is 40.4 Å². The molecule has 6 nitrogen and oxygen atoms in total. The predicted molar refractivity (Wildman–Crippen MR) is 128 cm³/mol. The van der Waals surface area contributed by atoms with Crippen LogP contribution in [0.2, 0.25) is 0 Å². The Kier molecular flexibility index (Phi) is 6.65. The highest BCUT2D eigenvalue weighted by Crippen LogP contribution is 2.67. The molecule has 190 valence electrons. The summed E-state index contributed by atoms with van der Waals surface area (Å²) < 4.78 is 5.40. The lowest BCUT2D eigenvalue weighted by Crippen LogP contribution is -2.62. The van der Waals surface area contributed by atoms with Crippen LogP contribution in [0, 0.1) is 40.4 Å². The monoisotopic (exact) mass is 474 g/mol. The molecule has 3 saturated carbocycles. The fourth-order valence-electron chi connectivity index (χ4n) is 8.42. The second-order valence-corrected chi connectivity index (χ2v) is 12.3. The van der Waals surface area contributed by atoms with Crippen molar-refractivity contribution < 1.29 is 29.3 Å². The smallest absolute Gasteiger partial charge is 0.309 e. The summed E-state index contributed by atoms with van der Waals surface area (Å²) in [6, 6.07) is 0. The highest BCUT2D eigenvalue weighted by atomic mass is 16.5. The van der Waals surface area contributed by atoms with E-state index in [1.807, 2.05) is 33.8 Å². The van der Waals surface area contributed by atoms with E-state index < -0.39 is 29.5 Å². The topological polar surface area (TPSA) is 101 Å². The van der Waals surface area contributed by atoms with Gasteiger partial charge < -0.3 is 14.9 Å². The maximum Gasteiger partial charge on any atom is 0.309 e. The van der Waals surface area contributed by atoms with E-state index in [2.05, 4.69) is 6.92 Å². The number of esters is 1. The van der Waals surface area contributed by atoms with Gasteiger partial charge in [-0.1, -0.05) is 40.2 Å². The first-order valence-corrected chi connectivity index (χ1v) is 13.2.